The molecule has 0 fully saturated rings. The first-order chi connectivity index (χ1) is 14.0. The van der Waals surface area contributed by atoms with E-state index in [1.54, 1.807) is 55.8 Å². The SMILES string of the molecule is CCCS(=O)(=O)c1ccccc1C(=O)Nc1ccc(OCCn2ccnc2)cc1. The fourth-order valence-corrected chi connectivity index (χ4v) is 4.36. The van der Waals surface area contributed by atoms with Crippen LogP contribution < -0.4 is 10.1 Å². The van der Waals surface area contributed by atoms with Crippen LogP contribution in [0.4, 0.5) is 5.69 Å². The second-order valence-electron chi connectivity index (χ2n) is 6.44. The Kier molecular flexibility index (Phi) is 6.66. The number of anilines is 1. The molecule has 1 aromatic heterocycles. The lowest BCUT2D eigenvalue weighted by molar-refractivity contribution is 0.102. The second kappa shape index (κ2) is 9.38. The summed E-state index contributed by atoms with van der Waals surface area (Å²) in [4.78, 5) is 16.7. The molecule has 0 radical (unpaired) electrons. The van der Waals surface area contributed by atoms with Crippen molar-refractivity contribution >= 4 is 21.4 Å². The largest absolute Gasteiger partial charge is 0.492 e. The van der Waals surface area contributed by atoms with Gasteiger partial charge >= 0.3 is 0 Å². The Bertz CT molecular complexity index is 1050. The van der Waals surface area contributed by atoms with Crippen molar-refractivity contribution in [1.82, 2.24) is 9.55 Å². The van der Waals surface area contributed by atoms with Gasteiger partial charge < -0.3 is 14.6 Å². The number of rotatable bonds is 9. The maximum atomic E-state index is 12.7. The molecule has 2 aromatic carbocycles. The monoisotopic (exact) mass is 413 g/mol. The molecule has 0 atom stereocenters. The molecule has 1 amide bonds. The third-order valence-corrected chi connectivity index (χ3v) is 6.20. The molecule has 0 saturated heterocycles. The van der Waals surface area contributed by atoms with Crippen LogP contribution in [0.2, 0.25) is 0 Å². The van der Waals surface area contributed by atoms with Crippen molar-refractivity contribution in [1.29, 1.82) is 0 Å². The molecule has 0 unspecified atom stereocenters. The average molecular weight is 413 g/mol. The number of sulfone groups is 1. The van der Waals surface area contributed by atoms with Crippen LogP contribution in [0.15, 0.2) is 72.1 Å². The molecule has 1 heterocycles. The molecule has 3 rings (SSSR count). The molecular formula is C21H23N3O4S. The average Bonchev–Trinajstić information content (AvgIpc) is 3.23. The number of nitrogens with one attached hydrogen (secondary N) is 1. The minimum Gasteiger partial charge on any atom is -0.492 e. The minimum absolute atomic E-state index is 0.00238. The van der Waals surface area contributed by atoms with Gasteiger partial charge in [-0.05, 0) is 42.8 Å². The van der Waals surface area contributed by atoms with E-state index < -0.39 is 15.7 Å². The number of nitrogens with zero attached hydrogens (tertiary/aromatic N) is 2. The lowest BCUT2D eigenvalue weighted by atomic mass is 10.2. The summed E-state index contributed by atoms with van der Waals surface area (Å²) in [6, 6.07) is 13.2. The summed E-state index contributed by atoms with van der Waals surface area (Å²) in [7, 11) is -3.50. The zero-order chi connectivity index (χ0) is 20.7. The van der Waals surface area contributed by atoms with Gasteiger partial charge in [0.05, 0.1) is 29.1 Å². The van der Waals surface area contributed by atoms with Crippen LogP contribution in [0.25, 0.3) is 0 Å². The maximum absolute atomic E-state index is 12.7. The molecule has 0 bridgehead atoms. The Balaban J connectivity index is 1.64. The highest BCUT2D eigenvalue weighted by molar-refractivity contribution is 7.91. The van der Waals surface area contributed by atoms with Gasteiger partial charge in [-0.2, -0.15) is 0 Å². The molecule has 8 heteroatoms. The fourth-order valence-electron chi connectivity index (χ4n) is 2.82. The maximum Gasteiger partial charge on any atom is 0.256 e. The summed E-state index contributed by atoms with van der Waals surface area (Å²) in [5.41, 5.74) is 0.696. The molecule has 0 aliphatic carbocycles. The summed E-state index contributed by atoms with van der Waals surface area (Å²) in [5.74, 6) is 0.214. The van der Waals surface area contributed by atoms with Gasteiger partial charge in [-0.1, -0.05) is 19.1 Å². The number of amides is 1. The first-order valence-electron chi connectivity index (χ1n) is 9.31. The number of benzene rings is 2. The molecule has 0 spiro atoms. The van der Waals surface area contributed by atoms with E-state index in [0.717, 1.165) is 0 Å². The number of ether oxygens (including phenoxy) is 1. The fraction of sp³-hybridized carbons (Fsp3) is 0.238. The van der Waals surface area contributed by atoms with Gasteiger partial charge in [0.25, 0.3) is 5.91 Å². The van der Waals surface area contributed by atoms with Crippen LogP contribution in [0.5, 0.6) is 5.75 Å². The van der Waals surface area contributed by atoms with Crippen molar-refractivity contribution in [3.05, 3.63) is 72.8 Å². The summed E-state index contributed by atoms with van der Waals surface area (Å²) in [5, 5.41) is 2.75. The highest BCUT2D eigenvalue weighted by Gasteiger charge is 2.21. The Labute approximate surface area is 170 Å². The topological polar surface area (TPSA) is 90.3 Å². The lowest BCUT2D eigenvalue weighted by Crippen LogP contribution is -2.17. The van der Waals surface area contributed by atoms with Crippen LogP contribution in [-0.2, 0) is 16.4 Å². The van der Waals surface area contributed by atoms with Gasteiger partial charge in [-0.3, -0.25) is 4.79 Å². The van der Waals surface area contributed by atoms with E-state index in [2.05, 4.69) is 10.3 Å². The third-order valence-electron chi connectivity index (χ3n) is 4.23. The van der Waals surface area contributed by atoms with E-state index in [9.17, 15) is 13.2 Å². The summed E-state index contributed by atoms with van der Waals surface area (Å²) >= 11 is 0. The summed E-state index contributed by atoms with van der Waals surface area (Å²) < 4.78 is 32.5. The predicted molar refractivity (Wildman–Crippen MR) is 111 cm³/mol. The number of carbonyl (C=O) groups is 1. The third kappa shape index (κ3) is 5.45. The second-order valence-corrected chi connectivity index (χ2v) is 8.52. The van der Waals surface area contributed by atoms with Gasteiger partial charge in [0.1, 0.15) is 12.4 Å². The lowest BCUT2D eigenvalue weighted by Gasteiger charge is -2.11. The van der Waals surface area contributed by atoms with E-state index in [1.165, 1.54) is 12.1 Å². The van der Waals surface area contributed by atoms with E-state index in [0.29, 0.717) is 31.0 Å². The quantitative estimate of drug-likeness (QED) is 0.581. The highest BCUT2D eigenvalue weighted by atomic mass is 32.2. The standard InChI is InChI=1S/C21H23N3O4S/c1-2-15-29(26,27)20-6-4-3-5-19(20)21(25)23-17-7-9-18(10-8-17)28-14-13-24-12-11-22-16-24/h3-12,16H,2,13-15H2,1H3,(H,23,25). The Morgan fingerprint density at radius 2 is 1.90 bits per heavy atom. The molecule has 1 N–H and O–H groups in total. The molecule has 29 heavy (non-hydrogen) atoms. The number of hydrogen-bond donors (Lipinski definition) is 1. The molecule has 7 nitrogen and oxygen atoms in total. The molecule has 152 valence electrons. The zero-order valence-corrected chi connectivity index (χ0v) is 16.9. The highest BCUT2D eigenvalue weighted by Crippen LogP contribution is 2.21. The van der Waals surface area contributed by atoms with Crippen molar-refractivity contribution in [2.24, 2.45) is 0 Å². The summed E-state index contributed by atoms with van der Waals surface area (Å²) in [6.07, 6.45) is 5.78. The number of imidazole rings is 1. The number of hydrogen-bond acceptors (Lipinski definition) is 5. The van der Waals surface area contributed by atoms with Crippen LogP contribution in [-0.4, -0.2) is 36.2 Å². The first kappa shape index (κ1) is 20.6. The van der Waals surface area contributed by atoms with Crippen LogP contribution in [0, 0.1) is 0 Å². The summed E-state index contributed by atoms with van der Waals surface area (Å²) in [6.45, 7) is 2.96. The van der Waals surface area contributed by atoms with Gasteiger partial charge in [0.2, 0.25) is 0 Å². The number of aromatic nitrogens is 2. The van der Waals surface area contributed by atoms with Crippen molar-refractivity contribution < 1.29 is 17.9 Å². The smallest absolute Gasteiger partial charge is 0.256 e. The van der Waals surface area contributed by atoms with Crippen molar-refractivity contribution in [2.45, 2.75) is 24.8 Å². The van der Waals surface area contributed by atoms with Gasteiger partial charge in [-0.25, -0.2) is 13.4 Å². The number of carbonyl (C=O) groups excluding carboxylic acids is 1. The van der Waals surface area contributed by atoms with Crippen molar-refractivity contribution in [2.75, 3.05) is 17.7 Å². The molecule has 3 aromatic rings. The van der Waals surface area contributed by atoms with Crippen LogP contribution >= 0.6 is 0 Å². The van der Waals surface area contributed by atoms with Crippen molar-refractivity contribution in [3.8, 4) is 5.75 Å². The van der Waals surface area contributed by atoms with E-state index in [1.807, 2.05) is 10.8 Å². The van der Waals surface area contributed by atoms with Crippen LogP contribution in [0.3, 0.4) is 0 Å². The molecule has 0 aliphatic heterocycles. The van der Waals surface area contributed by atoms with E-state index in [-0.39, 0.29) is 16.2 Å². The normalized spacial score (nSPS) is 11.2. The van der Waals surface area contributed by atoms with Gasteiger partial charge in [0.15, 0.2) is 9.84 Å². The Morgan fingerprint density at radius 1 is 1.14 bits per heavy atom. The zero-order valence-electron chi connectivity index (χ0n) is 16.1. The molecule has 0 aliphatic rings. The van der Waals surface area contributed by atoms with Crippen molar-refractivity contribution in [3.63, 3.8) is 0 Å². The Morgan fingerprint density at radius 3 is 2.59 bits per heavy atom. The molecular weight excluding hydrogens is 390 g/mol. The van der Waals surface area contributed by atoms with Gasteiger partial charge in [0, 0.05) is 18.1 Å². The van der Waals surface area contributed by atoms with Gasteiger partial charge in [-0.15, -0.1) is 0 Å². The van der Waals surface area contributed by atoms with Crippen LogP contribution in [0.1, 0.15) is 23.7 Å². The minimum atomic E-state index is -3.50. The van der Waals surface area contributed by atoms with E-state index >= 15 is 0 Å². The predicted octanol–water partition coefficient (Wildman–Crippen LogP) is 3.40. The first-order valence-corrected chi connectivity index (χ1v) is 11.0. The Hall–Kier alpha value is -3.13. The molecule has 0 saturated carbocycles. The van der Waals surface area contributed by atoms with E-state index in [4.69, 9.17) is 4.74 Å².